The van der Waals surface area contributed by atoms with Gasteiger partial charge in [-0.25, -0.2) is 0 Å². The van der Waals surface area contributed by atoms with Crippen LogP contribution >= 0.6 is 24.0 Å². The Morgan fingerprint density at radius 3 is 2.52 bits per heavy atom. The van der Waals surface area contributed by atoms with Crippen LogP contribution < -0.4 is 10.6 Å². The van der Waals surface area contributed by atoms with Gasteiger partial charge in [0.05, 0.1) is 25.9 Å². The van der Waals surface area contributed by atoms with Gasteiger partial charge in [-0.15, -0.1) is 24.0 Å². The van der Waals surface area contributed by atoms with Gasteiger partial charge in [-0.05, 0) is 47.5 Å². The van der Waals surface area contributed by atoms with Crippen molar-refractivity contribution in [2.24, 2.45) is 4.99 Å². The number of halogens is 1. The molecule has 0 aromatic carbocycles. The zero-order chi connectivity index (χ0) is 17.8. The van der Waals surface area contributed by atoms with Gasteiger partial charge in [0.1, 0.15) is 0 Å². The molecule has 0 amide bonds. The molecule has 1 rings (SSSR count). The molecule has 1 saturated heterocycles. The minimum Gasteiger partial charge on any atom is -0.377 e. The van der Waals surface area contributed by atoms with E-state index in [0.717, 1.165) is 51.6 Å². The Morgan fingerprint density at radius 1 is 1.24 bits per heavy atom. The van der Waals surface area contributed by atoms with Crippen LogP contribution in [0.25, 0.3) is 0 Å². The molecule has 1 aliphatic rings. The molecule has 0 bridgehead atoms. The lowest BCUT2D eigenvalue weighted by atomic mass is 10.2. The lowest BCUT2D eigenvalue weighted by Crippen LogP contribution is -2.41. The smallest absolute Gasteiger partial charge is 0.191 e. The second-order valence-corrected chi connectivity index (χ2v) is 6.82. The van der Waals surface area contributed by atoms with Gasteiger partial charge in [0.2, 0.25) is 0 Å². The molecule has 0 aliphatic carbocycles. The third kappa shape index (κ3) is 11.2. The molecule has 25 heavy (non-hydrogen) atoms. The SMILES string of the molecule is CCNC(=NCCN(C(C)C)C(C)C)NCCOCC1CCCO1.I. The van der Waals surface area contributed by atoms with E-state index in [-0.39, 0.29) is 24.0 Å². The van der Waals surface area contributed by atoms with Crippen molar-refractivity contribution in [3.05, 3.63) is 0 Å². The summed E-state index contributed by atoms with van der Waals surface area (Å²) < 4.78 is 11.2. The van der Waals surface area contributed by atoms with Crippen LogP contribution in [0, 0.1) is 0 Å². The monoisotopic (exact) mass is 470 g/mol. The van der Waals surface area contributed by atoms with E-state index in [0.29, 0.717) is 31.4 Å². The molecule has 7 heteroatoms. The lowest BCUT2D eigenvalue weighted by Gasteiger charge is -2.29. The fourth-order valence-electron chi connectivity index (χ4n) is 2.96. The summed E-state index contributed by atoms with van der Waals surface area (Å²) in [6.45, 7) is 16.7. The number of ether oxygens (including phenoxy) is 2. The fraction of sp³-hybridized carbons (Fsp3) is 0.944. The molecule has 0 spiro atoms. The van der Waals surface area contributed by atoms with E-state index in [9.17, 15) is 0 Å². The van der Waals surface area contributed by atoms with Crippen molar-refractivity contribution in [1.29, 1.82) is 0 Å². The van der Waals surface area contributed by atoms with E-state index in [4.69, 9.17) is 9.47 Å². The van der Waals surface area contributed by atoms with Gasteiger partial charge < -0.3 is 20.1 Å². The van der Waals surface area contributed by atoms with Gasteiger partial charge in [0, 0.05) is 38.3 Å². The highest BCUT2D eigenvalue weighted by molar-refractivity contribution is 14.0. The van der Waals surface area contributed by atoms with E-state index in [1.54, 1.807) is 0 Å². The summed E-state index contributed by atoms with van der Waals surface area (Å²) in [5.74, 6) is 0.866. The maximum absolute atomic E-state index is 5.67. The number of rotatable bonds is 11. The first-order chi connectivity index (χ1) is 11.5. The molecule has 2 N–H and O–H groups in total. The zero-order valence-electron chi connectivity index (χ0n) is 16.7. The summed E-state index contributed by atoms with van der Waals surface area (Å²) >= 11 is 0. The quantitative estimate of drug-likeness (QED) is 0.210. The minimum absolute atomic E-state index is 0. The largest absolute Gasteiger partial charge is 0.377 e. The van der Waals surface area contributed by atoms with Gasteiger partial charge >= 0.3 is 0 Å². The van der Waals surface area contributed by atoms with Crippen molar-refractivity contribution in [1.82, 2.24) is 15.5 Å². The first kappa shape index (κ1) is 24.9. The average molecular weight is 470 g/mol. The maximum atomic E-state index is 5.67. The first-order valence-corrected chi connectivity index (χ1v) is 9.51. The van der Waals surface area contributed by atoms with Crippen LogP contribution in [0.4, 0.5) is 0 Å². The average Bonchev–Trinajstić information content (AvgIpc) is 3.03. The van der Waals surface area contributed by atoms with Gasteiger partial charge in [-0.2, -0.15) is 0 Å². The normalized spacial score (nSPS) is 18.1. The molecule has 0 aromatic rings. The molecule has 1 aliphatic heterocycles. The Hall–Kier alpha value is -0.120. The first-order valence-electron chi connectivity index (χ1n) is 9.51. The molecule has 0 radical (unpaired) electrons. The van der Waals surface area contributed by atoms with Crippen LogP contribution in [0.5, 0.6) is 0 Å². The molecule has 1 heterocycles. The van der Waals surface area contributed by atoms with Crippen molar-refractivity contribution in [3.63, 3.8) is 0 Å². The van der Waals surface area contributed by atoms with Crippen molar-refractivity contribution < 1.29 is 9.47 Å². The number of nitrogens with zero attached hydrogens (tertiary/aromatic N) is 2. The Kier molecular flexibility index (Phi) is 14.9. The van der Waals surface area contributed by atoms with E-state index < -0.39 is 0 Å². The van der Waals surface area contributed by atoms with E-state index >= 15 is 0 Å². The minimum atomic E-state index is 0. The predicted octanol–water partition coefficient (Wildman–Crippen LogP) is 2.47. The van der Waals surface area contributed by atoms with Crippen LogP contribution in [0.2, 0.25) is 0 Å². The van der Waals surface area contributed by atoms with Crippen molar-refractivity contribution in [3.8, 4) is 0 Å². The predicted molar refractivity (Wildman–Crippen MR) is 116 cm³/mol. The third-order valence-electron chi connectivity index (χ3n) is 4.17. The summed E-state index contributed by atoms with van der Waals surface area (Å²) in [5, 5.41) is 6.62. The van der Waals surface area contributed by atoms with Crippen LogP contribution in [0.3, 0.4) is 0 Å². The maximum Gasteiger partial charge on any atom is 0.191 e. The van der Waals surface area contributed by atoms with Gasteiger partial charge in [-0.1, -0.05) is 0 Å². The Bertz CT molecular complexity index is 340. The summed E-state index contributed by atoms with van der Waals surface area (Å²) in [6.07, 6.45) is 2.58. The van der Waals surface area contributed by atoms with Crippen LogP contribution in [-0.2, 0) is 9.47 Å². The summed E-state index contributed by atoms with van der Waals surface area (Å²) in [5.41, 5.74) is 0. The number of hydrogen-bond acceptors (Lipinski definition) is 4. The molecule has 6 nitrogen and oxygen atoms in total. The summed E-state index contributed by atoms with van der Waals surface area (Å²) in [6, 6.07) is 1.09. The van der Waals surface area contributed by atoms with Gasteiger partial charge in [-0.3, -0.25) is 9.89 Å². The molecule has 1 unspecified atom stereocenters. The summed E-state index contributed by atoms with van der Waals surface area (Å²) in [7, 11) is 0. The van der Waals surface area contributed by atoms with E-state index in [1.165, 1.54) is 0 Å². The second kappa shape index (κ2) is 15.0. The highest BCUT2D eigenvalue weighted by Crippen LogP contribution is 2.11. The van der Waals surface area contributed by atoms with Crippen molar-refractivity contribution >= 4 is 29.9 Å². The molecule has 1 fully saturated rings. The van der Waals surface area contributed by atoms with Gasteiger partial charge in [0.15, 0.2) is 5.96 Å². The number of guanidine groups is 1. The Morgan fingerprint density at radius 2 is 1.96 bits per heavy atom. The van der Waals surface area contributed by atoms with E-state index in [1.807, 2.05) is 0 Å². The molecule has 0 saturated carbocycles. The lowest BCUT2D eigenvalue weighted by molar-refractivity contribution is 0.0191. The standard InChI is InChI=1S/C18H38N4O2.HI/c1-6-19-18(20-9-11-22(15(2)3)16(4)5)21-10-13-23-14-17-8-7-12-24-17;/h15-17H,6-14H2,1-5H3,(H2,19,20,21);1H. The van der Waals surface area contributed by atoms with Crippen LogP contribution in [0.15, 0.2) is 4.99 Å². The molecule has 1 atom stereocenters. The number of aliphatic imine (C=N–C) groups is 1. The highest BCUT2D eigenvalue weighted by atomic mass is 127. The van der Waals surface area contributed by atoms with Gasteiger partial charge in [0.25, 0.3) is 0 Å². The topological polar surface area (TPSA) is 58.1 Å². The molecule has 150 valence electrons. The molecular formula is C18H39IN4O2. The highest BCUT2D eigenvalue weighted by Gasteiger charge is 2.15. The third-order valence-corrected chi connectivity index (χ3v) is 4.17. The number of nitrogens with one attached hydrogen (secondary N) is 2. The molecular weight excluding hydrogens is 431 g/mol. The second-order valence-electron chi connectivity index (χ2n) is 6.82. The zero-order valence-corrected chi connectivity index (χ0v) is 19.0. The Balaban J connectivity index is 0.00000576. The van der Waals surface area contributed by atoms with Crippen LogP contribution in [0.1, 0.15) is 47.5 Å². The van der Waals surface area contributed by atoms with Crippen molar-refractivity contribution in [2.75, 3.05) is 46.0 Å². The fourth-order valence-corrected chi connectivity index (χ4v) is 2.96. The van der Waals surface area contributed by atoms with E-state index in [2.05, 4.69) is 55.1 Å². The number of hydrogen-bond donors (Lipinski definition) is 2. The molecule has 0 aromatic heterocycles. The Labute approximate surface area is 171 Å². The summed E-state index contributed by atoms with van der Waals surface area (Å²) in [4.78, 5) is 7.12. The van der Waals surface area contributed by atoms with Crippen LogP contribution in [-0.4, -0.2) is 75.0 Å². The van der Waals surface area contributed by atoms with Crippen molar-refractivity contribution in [2.45, 2.75) is 65.6 Å².